The molecule has 1 N–H and O–H groups in total. The van der Waals surface area contributed by atoms with Gasteiger partial charge in [-0.15, -0.1) is 0 Å². The molecule has 1 aliphatic rings. The fourth-order valence-corrected chi connectivity index (χ4v) is 2.65. The van der Waals surface area contributed by atoms with E-state index in [4.69, 9.17) is 11.6 Å². The van der Waals surface area contributed by atoms with E-state index in [1.54, 1.807) is 0 Å². The zero-order valence-electron chi connectivity index (χ0n) is 6.35. The van der Waals surface area contributed by atoms with Gasteiger partial charge in [0.05, 0.1) is 6.10 Å². The summed E-state index contributed by atoms with van der Waals surface area (Å²) in [7, 11) is 0. The molecule has 0 aliphatic heterocycles. The largest absolute Gasteiger partial charge is 0.388 e. The zero-order chi connectivity index (χ0) is 8.72. The molecule has 1 aromatic carbocycles. The maximum Gasteiger partial charge on any atom is 0.0796 e. The number of rotatable bonds is 0. The number of hydrogen-bond donors (Lipinski definition) is 1. The van der Waals surface area contributed by atoms with E-state index >= 15 is 0 Å². The minimum Gasteiger partial charge on any atom is -0.388 e. The van der Waals surface area contributed by atoms with Gasteiger partial charge in [0.15, 0.2) is 0 Å². The lowest BCUT2D eigenvalue weighted by Gasteiger charge is -2.05. The van der Waals surface area contributed by atoms with Crippen molar-refractivity contribution in [3.63, 3.8) is 0 Å². The molecule has 0 radical (unpaired) electrons. The number of aliphatic hydroxyl groups is 1. The SMILES string of the molecule is OC1CCc2c(Br)cc(Cl)cc21. The lowest BCUT2D eigenvalue weighted by atomic mass is 10.1. The second kappa shape index (κ2) is 3.02. The average Bonchev–Trinajstić information content (AvgIpc) is 2.33. The summed E-state index contributed by atoms with van der Waals surface area (Å²) in [5.41, 5.74) is 2.18. The van der Waals surface area contributed by atoms with Crippen LogP contribution in [-0.4, -0.2) is 5.11 Å². The van der Waals surface area contributed by atoms with E-state index in [2.05, 4.69) is 15.9 Å². The first-order valence-corrected chi connectivity index (χ1v) is 5.01. The standard InChI is InChI=1S/C9H8BrClO/c10-8-4-5(11)3-7-6(8)1-2-9(7)12/h3-4,9,12H,1-2H2. The molecule has 0 spiro atoms. The van der Waals surface area contributed by atoms with Crippen molar-refractivity contribution in [3.05, 3.63) is 32.8 Å². The van der Waals surface area contributed by atoms with Crippen LogP contribution in [0.25, 0.3) is 0 Å². The van der Waals surface area contributed by atoms with Gasteiger partial charge in [0.25, 0.3) is 0 Å². The van der Waals surface area contributed by atoms with Gasteiger partial charge in [-0.3, -0.25) is 0 Å². The number of fused-ring (bicyclic) bond motifs is 1. The third-order valence-electron chi connectivity index (χ3n) is 2.22. The maximum atomic E-state index is 9.55. The lowest BCUT2D eigenvalue weighted by molar-refractivity contribution is 0.180. The monoisotopic (exact) mass is 246 g/mol. The molecule has 0 saturated carbocycles. The highest BCUT2D eigenvalue weighted by atomic mass is 79.9. The van der Waals surface area contributed by atoms with E-state index in [-0.39, 0.29) is 6.10 Å². The quantitative estimate of drug-likeness (QED) is 0.747. The molecule has 2 rings (SSSR count). The summed E-state index contributed by atoms with van der Waals surface area (Å²) in [6, 6.07) is 3.72. The Balaban J connectivity index is 2.60. The third-order valence-corrected chi connectivity index (χ3v) is 3.15. The molecule has 0 amide bonds. The Morgan fingerprint density at radius 3 is 3.00 bits per heavy atom. The summed E-state index contributed by atoms with van der Waals surface area (Å²) >= 11 is 9.28. The Labute approximate surface area is 84.5 Å². The smallest absolute Gasteiger partial charge is 0.0796 e. The summed E-state index contributed by atoms with van der Waals surface area (Å²) in [5.74, 6) is 0. The molecule has 1 aliphatic carbocycles. The van der Waals surface area contributed by atoms with Crippen molar-refractivity contribution in [2.45, 2.75) is 18.9 Å². The number of aliphatic hydroxyl groups excluding tert-OH is 1. The van der Waals surface area contributed by atoms with Crippen LogP contribution in [0.15, 0.2) is 16.6 Å². The maximum absolute atomic E-state index is 9.55. The first-order chi connectivity index (χ1) is 5.68. The Bertz CT molecular complexity index is 325. The van der Waals surface area contributed by atoms with Crippen molar-refractivity contribution >= 4 is 27.5 Å². The Morgan fingerprint density at radius 1 is 1.50 bits per heavy atom. The second-order valence-electron chi connectivity index (χ2n) is 3.01. The highest BCUT2D eigenvalue weighted by Crippen LogP contribution is 2.37. The molecule has 1 atom stereocenters. The fourth-order valence-electron chi connectivity index (χ4n) is 1.62. The van der Waals surface area contributed by atoms with Crippen LogP contribution in [0.4, 0.5) is 0 Å². The van der Waals surface area contributed by atoms with Crippen molar-refractivity contribution in [2.75, 3.05) is 0 Å². The third kappa shape index (κ3) is 1.28. The van der Waals surface area contributed by atoms with Gasteiger partial charge >= 0.3 is 0 Å². The molecule has 12 heavy (non-hydrogen) atoms. The second-order valence-corrected chi connectivity index (χ2v) is 4.30. The van der Waals surface area contributed by atoms with Crippen LogP contribution >= 0.6 is 27.5 Å². The molecule has 3 heteroatoms. The van der Waals surface area contributed by atoms with E-state index < -0.39 is 0 Å². The molecule has 0 aromatic heterocycles. The summed E-state index contributed by atoms with van der Waals surface area (Å²) in [6.45, 7) is 0. The molecule has 0 heterocycles. The summed E-state index contributed by atoms with van der Waals surface area (Å²) < 4.78 is 1.02. The molecule has 1 nitrogen and oxygen atoms in total. The molecular weight excluding hydrogens is 239 g/mol. The van der Waals surface area contributed by atoms with E-state index in [1.807, 2.05) is 12.1 Å². The van der Waals surface area contributed by atoms with Crippen molar-refractivity contribution in [3.8, 4) is 0 Å². The van der Waals surface area contributed by atoms with Crippen LogP contribution in [0.3, 0.4) is 0 Å². The number of halogens is 2. The van der Waals surface area contributed by atoms with Gasteiger partial charge < -0.3 is 5.11 Å². The lowest BCUT2D eigenvalue weighted by Crippen LogP contribution is -1.90. The van der Waals surface area contributed by atoms with Gasteiger partial charge in [0.2, 0.25) is 0 Å². The molecule has 64 valence electrons. The Morgan fingerprint density at radius 2 is 2.25 bits per heavy atom. The fraction of sp³-hybridized carbons (Fsp3) is 0.333. The van der Waals surface area contributed by atoms with Gasteiger partial charge in [-0.2, -0.15) is 0 Å². The van der Waals surface area contributed by atoms with E-state index in [1.165, 1.54) is 5.56 Å². The first kappa shape index (κ1) is 8.54. The predicted molar refractivity (Wildman–Crippen MR) is 52.4 cm³/mol. The van der Waals surface area contributed by atoms with E-state index in [9.17, 15) is 5.11 Å². The molecular formula is C9H8BrClO. The van der Waals surface area contributed by atoms with Gasteiger partial charge in [-0.25, -0.2) is 0 Å². The van der Waals surface area contributed by atoms with Crippen molar-refractivity contribution in [2.24, 2.45) is 0 Å². The minimum atomic E-state index is -0.324. The molecule has 0 fully saturated rings. The first-order valence-electron chi connectivity index (χ1n) is 3.84. The topological polar surface area (TPSA) is 20.2 Å². The van der Waals surface area contributed by atoms with Crippen molar-refractivity contribution < 1.29 is 5.11 Å². The van der Waals surface area contributed by atoms with Crippen LogP contribution in [0.1, 0.15) is 23.7 Å². The average molecular weight is 248 g/mol. The normalized spacial score (nSPS) is 21.1. The van der Waals surface area contributed by atoms with Crippen LogP contribution in [-0.2, 0) is 6.42 Å². The van der Waals surface area contributed by atoms with Crippen molar-refractivity contribution in [1.82, 2.24) is 0 Å². The molecule has 0 saturated heterocycles. The highest BCUT2D eigenvalue weighted by molar-refractivity contribution is 9.10. The van der Waals surface area contributed by atoms with Gasteiger partial charge in [-0.1, -0.05) is 27.5 Å². The minimum absolute atomic E-state index is 0.324. The van der Waals surface area contributed by atoms with Crippen molar-refractivity contribution in [1.29, 1.82) is 0 Å². The summed E-state index contributed by atoms with van der Waals surface area (Å²) in [5, 5.41) is 10.2. The predicted octanol–water partition coefficient (Wildman–Crippen LogP) is 3.08. The van der Waals surface area contributed by atoms with E-state index in [0.29, 0.717) is 5.02 Å². The van der Waals surface area contributed by atoms with Gasteiger partial charge in [-0.05, 0) is 36.1 Å². The molecule has 1 unspecified atom stereocenters. The summed E-state index contributed by atoms with van der Waals surface area (Å²) in [6.07, 6.45) is 1.43. The number of benzene rings is 1. The molecule has 1 aromatic rings. The van der Waals surface area contributed by atoms with Crippen LogP contribution in [0.5, 0.6) is 0 Å². The highest BCUT2D eigenvalue weighted by Gasteiger charge is 2.22. The Kier molecular flexibility index (Phi) is 2.15. The molecule has 0 bridgehead atoms. The van der Waals surface area contributed by atoms with Gasteiger partial charge in [0, 0.05) is 9.50 Å². The van der Waals surface area contributed by atoms with E-state index in [0.717, 1.165) is 22.9 Å². The summed E-state index contributed by atoms with van der Waals surface area (Å²) in [4.78, 5) is 0. The van der Waals surface area contributed by atoms with Crippen LogP contribution in [0.2, 0.25) is 5.02 Å². The van der Waals surface area contributed by atoms with Gasteiger partial charge in [0.1, 0.15) is 0 Å². The van der Waals surface area contributed by atoms with Crippen LogP contribution in [0, 0.1) is 0 Å². The number of hydrogen-bond acceptors (Lipinski definition) is 1. The Hall–Kier alpha value is -0.0500. The zero-order valence-corrected chi connectivity index (χ0v) is 8.69. The van der Waals surface area contributed by atoms with Crippen LogP contribution < -0.4 is 0 Å².